The van der Waals surface area contributed by atoms with Gasteiger partial charge >= 0.3 is 6.09 Å². The SMILES string of the molecule is CCN(C(=O)Oc1ccc(F)cc1)[C@@H]1CN(C(=O)C2CCN(c3ccc(C(C)=O)cn3)CC2)C[C@H]1c1ccc(F)c(Cl)c1. The third-order valence-electron chi connectivity index (χ3n) is 8.29. The number of benzene rings is 2. The van der Waals surface area contributed by atoms with Crippen LogP contribution in [-0.2, 0) is 4.79 Å². The fourth-order valence-electron chi connectivity index (χ4n) is 5.91. The van der Waals surface area contributed by atoms with E-state index in [1.54, 1.807) is 34.2 Å². The van der Waals surface area contributed by atoms with Gasteiger partial charge in [-0.2, -0.15) is 0 Å². The average Bonchev–Trinajstić information content (AvgIpc) is 3.45. The second-order valence-electron chi connectivity index (χ2n) is 10.9. The molecule has 3 heterocycles. The molecule has 2 amide bonds. The highest BCUT2D eigenvalue weighted by atomic mass is 35.5. The number of rotatable bonds is 7. The summed E-state index contributed by atoms with van der Waals surface area (Å²) in [5.74, 6) is -0.594. The third kappa shape index (κ3) is 6.80. The van der Waals surface area contributed by atoms with Crippen molar-refractivity contribution in [2.24, 2.45) is 5.92 Å². The van der Waals surface area contributed by atoms with E-state index in [0.717, 1.165) is 11.4 Å². The number of carbonyl (C=O) groups is 3. The first-order chi connectivity index (χ1) is 20.6. The summed E-state index contributed by atoms with van der Waals surface area (Å²) in [4.78, 5) is 48.6. The topological polar surface area (TPSA) is 83.0 Å². The molecule has 0 aliphatic carbocycles. The molecule has 2 aliphatic heterocycles. The van der Waals surface area contributed by atoms with Crippen molar-refractivity contribution in [2.45, 2.75) is 38.6 Å². The van der Waals surface area contributed by atoms with Crippen molar-refractivity contribution in [3.05, 3.63) is 88.6 Å². The minimum atomic E-state index is -0.622. The number of likely N-dealkylation sites (N-methyl/N-ethyl adjacent to an activating group) is 1. The van der Waals surface area contributed by atoms with E-state index >= 15 is 0 Å². The van der Waals surface area contributed by atoms with Crippen LogP contribution in [0, 0.1) is 17.6 Å². The Bertz CT molecular complexity index is 1480. The number of halogens is 3. The average molecular weight is 611 g/mol. The normalized spacial score (nSPS) is 18.9. The van der Waals surface area contributed by atoms with Crippen LogP contribution in [0.1, 0.15) is 48.5 Å². The Balaban J connectivity index is 1.31. The molecule has 8 nitrogen and oxygen atoms in total. The van der Waals surface area contributed by atoms with Gasteiger partial charge in [0.2, 0.25) is 5.91 Å². The molecule has 2 fully saturated rings. The Kier molecular flexibility index (Phi) is 9.25. The van der Waals surface area contributed by atoms with Crippen molar-refractivity contribution in [1.82, 2.24) is 14.8 Å². The van der Waals surface area contributed by atoms with E-state index in [-0.39, 0.29) is 40.8 Å². The van der Waals surface area contributed by atoms with E-state index in [4.69, 9.17) is 16.3 Å². The number of aromatic nitrogens is 1. The minimum Gasteiger partial charge on any atom is -0.410 e. The van der Waals surface area contributed by atoms with Crippen LogP contribution < -0.4 is 9.64 Å². The molecule has 1 aromatic heterocycles. The van der Waals surface area contributed by atoms with Gasteiger partial charge in [-0.3, -0.25) is 9.59 Å². The molecule has 0 spiro atoms. The largest absolute Gasteiger partial charge is 0.415 e. The molecule has 2 saturated heterocycles. The molecule has 0 bridgehead atoms. The van der Waals surface area contributed by atoms with Crippen LogP contribution in [0.2, 0.25) is 5.02 Å². The zero-order valence-electron chi connectivity index (χ0n) is 24.0. The molecule has 226 valence electrons. The van der Waals surface area contributed by atoms with Gasteiger partial charge in [0.1, 0.15) is 23.2 Å². The van der Waals surface area contributed by atoms with Crippen LogP contribution in [-0.4, -0.2) is 71.3 Å². The van der Waals surface area contributed by atoms with E-state index in [1.165, 1.54) is 37.3 Å². The number of amides is 2. The van der Waals surface area contributed by atoms with Gasteiger partial charge < -0.3 is 19.4 Å². The van der Waals surface area contributed by atoms with Gasteiger partial charge in [-0.15, -0.1) is 0 Å². The predicted molar refractivity (Wildman–Crippen MR) is 159 cm³/mol. The molecule has 43 heavy (non-hydrogen) atoms. The van der Waals surface area contributed by atoms with Gasteiger partial charge in [0, 0.05) is 56.3 Å². The number of ketones is 1. The first-order valence-corrected chi connectivity index (χ1v) is 14.7. The van der Waals surface area contributed by atoms with Crippen LogP contribution in [0.4, 0.5) is 19.4 Å². The lowest BCUT2D eigenvalue weighted by Crippen LogP contribution is -2.47. The van der Waals surface area contributed by atoms with Crippen LogP contribution in [0.5, 0.6) is 5.75 Å². The molecule has 2 atom stereocenters. The number of pyridine rings is 1. The van der Waals surface area contributed by atoms with Crippen molar-refractivity contribution in [3.8, 4) is 5.75 Å². The van der Waals surface area contributed by atoms with Crippen LogP contribution in [0.25, 0.3) is 0 Å². The summed E-state index contributed by atoms with van der Waals surface area (Å²) in [6.45, 7) is 5.51. The number of Topliss-reactive ketones (excluding diaryl/α,β-unsaturated/α-hetero) is 1. The number of ether oxygens (including phenoxy) is 1. The zero-order chi connectivity index (χ0) is 30.7. The van der Waals surface area contributed by atoms with Gasteiger partial charge in [0.25, 0.3) is 0 Å². The lowest BCUT2D eigenvalue weighted by atomic mass is 9.93. The number of piperidine rings is 1. The molecule has 2 aromatic carbocycles. The predicted octanol–water partition coefficient (Wildman–Crippen LogP) is 5.95. The number of hydrogen-bond donors (Lipinski definition) is 0. The van der Waals surface area contributed by atoms with Gasteiger partial charge in [-0.25, -0.2) is 18.6 Å². The first-order valence-electron chi connectivity index (χ1n) is 14.3. The van der Waals surface area contributed by atoms with Crippen molar-refractivity contribution in [3.63, 3.8) is 0 Å². The Morgan fingerprint density at radius 2 is 1.74 bits per heavy atom. The summed E-state index contributed by atoms with van der Waals surface area (Å²) in [6, 6.07) is 12.8. The maximum absolute atomic E-state index is 14.0. The molecule has 11 heteroatoms. The van der Waals surface area contributed by atoms with Crippen LogP contribution in [0.3, 0.4) is 0 Å². The lowest BCUT2D eigenvalue weighted by molar-refractivity contribution is -0.135. The lowest BCUT2D eigenvalue weighted by Gasteiger charge is -2.34. The van der Waals surface area contributed by atoms with Crippen LogP contribution >= 0.6 is 11.6 Å². The smallest absolute Gasteiger partial charge is 0.410 e. The molecule has 0 unspecified atom stereocenters. The number of nitrogens with zero attached hydrogens (tertiary/aromatic N) is 4. The Morgan fingerprint density at radius 3 is 2.35 bits per heavy atom. The fraction of sp³-hybridized carbons (Fsp3) is 0.375. The Morgan fingerprint density at radius 1 is 1.02 bits per heavy atom. The summed E-state index contributed by atoms with van der Waals surface area (Å²) in [6.07, 6.45) is 2.21. The van der Waals surface area contributed by atoms with Gasteiger partial charge in [-0.1, -0.05) is 17.7 Å². The molecule has 0 N–H and O–H groups in total. The standard InChI is InChI=1S/C32H33ClF2N4O4/c1-3-39(32(42)43-25-8-6-24(34)7-9-25)29-19-38(18-26(29)22-4-10-28(35)27(33)16-22)31(41)21-12-14-37(15-13-21)30-11-5-23(17-36-30)20(2)40/h4-11,16-17,21,26,29H,3,12-15,18-19H2,1-2H3/t26-,29+/m0/s1. The number of carbonyl (C=O) groups excluding carboxylic acids is 3. The van der Waals surface area contributed by atoms with Crippen LogP contribution in [0.15, 0.2) is 60.8 Å². The van der Waals surface area contributed by atoms with E-state index in [0.29, 0.717) is 44.6 Å². The third-order valence-corrected chi connectivity index (χ3v) is 8.58. The molecule has 5 rings (SSSR count). The summed E-state index contributed by atoms with van der Waals surface area (Å²) in [7, 11) is 0. The first kappa shape index (κ1) is 30.4. The maximum Gasteiger partial charge on any atom is 0.415 e. The molecule has 0 saturated carbocycles. The maximum atomic E-state index is 14.0. The van der Waals surface area contributed by atoms with Gasteiger partial charge in [0.05, 0.1) is 11.1 Å². The highest BCUT2D eigenvalue weighted by Crippen LogP contribution is 2.35. The quantitative estimate of drug-likeness (QED) is 0.308. The zero-order valence-corrected chi connectivity index (χ0v) is 24.8. The fourth-order valence-corrected chi connectivity index (χ4v) is 6.10. The Labute approximate surface area is 254 Å². The van der Waals surface area contributed by atoms with Crippen molar-refractivity contribution in [1.29, 1.82) is 0 Å². The highest BCUT2D eigenvalue weighted by molar-refractivity contribution is 6.30. The van der Waals surface area contributed by atoms with Crippen molar-refractivity contribution < 1.29 is 27.9 Å². The summed E-state index contributed by atoms with van der Waals surface area (Å²) >= 11 is 6.13. The van der Waals surface area contributed by atoms with Crippen molar-refractivity contribution in [2.75, 3.05) is 37.6 Å². The van der Waals surface area contributed by atoms with Gasteiger partial charge in [-0.05, 0) is 80.8 Å². The van der Waals surface area contributed by atoms with Gasteiger partial charge in [0.15, 0.2) is 5.78 Å². The van der Waals surface area contributed by atoms with E-state index in [9.17, 15) is 23.2 Å². The number of likely N-dealkylation sites (tertiary alicyclic amines) is 1. The summed E-state index contributed by atoms with van der Waals surface area (Å²) in [5, 5.41) is -0.0321. The number of hydrogen-bond acceptors (Lipinski definition) is 6. The number of anilines is 1. The molecular formula is C32H33ClF2N4O4. The molecular weight excluding hydrogens is 578 g/mol. The second-order valence-corrected chi connectivity index (χ2v) is 11.3. The molecule has 0 radical (unpaired) electrons. The molecule has 3 aromatic rings. The molecule has 2 aliphatic rings. The van der Waals surface area contributed by atoms with E-state index < -0.39 is 23.8 Å². The van der Waals surface area contributed by atoms with Crippen molar-refractivity contribution >= 4 is 35.2 Å². The summed E-state index contributed by atoms with van der Waals surface area (Å²) < 4.78 is 33.0. The summed E-state index contributed by atoms with van der Waals surface area (Å²) in [5.41, 5.74) is 1.27. The minimum absolute atomic E-state index is 0.00296. The second kappa shape index (κ2) is 13.1. The van der Waals surface area contributed by atoms with E-state index in [2.05, 4.69) is 9.88 Å². The Hall–Kier alpha value is -4.05. The monoisotopic (exact) mass is 610 g/mol. The van der Waals surface area contributed by atoms with E-state index in [1.807, 2.05) is 13.0 Å². The highest BCUT2D eigenvalue weighted by Gasteiger charge is 2.43.